The second kappa shape index (κ2) is 10.5. The molecule has 164 valence electrons. The normalized spacial score (nSPS) is 12.6. The third kappa shape index (κ3) is 6.35. The summed E-state index contributed by atoms with van der Waals surface area (Å²) in [5.41, 5.74) is 1.55. The lowest BCUT2D eigenvalue weighted by molar-refractivity contribution is -0.123. The lowest BCUT2D eigenvalue weighted by atomic mass is 10.1. The molecule has 0 heterocycles. The van der Waals surface area contributed by atoms with Gasteiger partial charge in [0.1, 0.15) is 17.2 Å². The summed E-state index contributed by atoms with van der Waals surface area (Å²) in [6.45, 7) is 0.513. The molecule has 0 radical (unpaired) electrons. The Hall–Kier alpha value is -3.80. The molecule has 2 N–H and O–H groups in total. The van der Waals surface area contributed by atoms with E-state index in [4.69, 9.17) is 9.47 Å². The van der Waals surface area contributed by atoms with Gasteiger partial charge in [0, 0.05) is 12.6 Å². The van der Waals surface area contributed by atoms with Gasteiger partial charge in [-0.2, -0.15) is 0 Å². The maximum absolute atomic E-state index is 12.7. The molecular weight excluding hydrogens is 404 g/mol. The van der Waals surface area contributed by atoms with E-state index >= 15 is 0 Å². The standard InChI is InChI=1S/C26H26N2O4/c29-25(28-20-12-13-20)18-31-21-14-10-19(11-15-21)16-17-27-26(30)23-8-4-5-9-24(23)32-22-6-2-1-3-7-22/h1-11,14-15,20H,12-13,16-18H2,(H,27,30)(H,28,29). The second-order valence-electron chi connectivity index (χ2n) is 7.69. The zero-order chi connectivity index (χ0) is 22.2. The van der Waals surface area contributed by atoms with Gasteiger partial charge in [0.15, 0.2) is 6.61 Å². The minimum Gasteiger partial charge on any atom is -0.484 e. The number of nitrogens with one attached hydrogen (secondary N) is 2. The van der Waals surface area contributed by atoms with Crippen molar-refractivity contribution in [2.24, 2.45) is 0 Å². The molecule has 0 aliphatic heterocycles. The van der Waals surface area contributed by atoms with Crippen molar-refractivity contribution in [3.63, 3.8) is 0 Å². The molecule has 1 fully saturated rings. The number of hydrogen-bond donors (Lipinski definition) is 2. The predicted octanol–water partition coefficient (Wildman–Crippen LogP) is 4.11. The number of carbonyl (C=O) groups is 2. The number of amides is 2. The molecule has 0 aromatic heterocycles. The number of benzene rings is 3. The van der Waals surface area contributed by atoms with Gasteiger partial charge in [-0.15, -0.1) is 0 Å². The SMILES string of the molecule is O=C(COc1ccc(CCNC(=O)c2ccccc2Oc2ccccc2)cc1)NC1CC1. The highest BCUT2D eigenvalue weighted by atomic mass is 16.5. The van der Waals surface area contributed by atoms with E-state index in [1.807, 2.05) is 66.7 Å². The molecule has 0 unspecified atom stereocenters. The van der Waals surface area contributed by atoms with Crippen LogP contribution in [0.4, 0.5) is 0 Å². The molecule has 0 bridgehead atoms. The molecule has 3 aromatic carbocycles. The topological polar surface area (TPSA) is 76.7 Å². The van der Waals surface area contributed by atoms with Crippen molar-refractivity contribution in [1.82, 2.24) is 10.6 Å². The molecule has 6 nitrogen and oxygen atoms in total. The number of hydrogen-bond acceptors (Lipinski definition) is 4. The van der Waals surface area contributed by atoms with E-state index in [2.05, 4.69) is 10.6 Å². The van der Waals surface area contributed by atoms with Crippen molar-refractivity contribution in [3.8, 4) is 17.2 Å². The van der Waals surface area contributed by atoms with E-state index in [0.29, 0.717) is 41.8 Å². The van der Waals surface area contributed by atoms with Crippen LogP contribution < -0.4 is 20.1 Å². The lowest BCUT2D eigenvalue weighted by Crippen LogP contribution is -2.30. The van der Waals surface area contributed by atoms with Crippen molar-refractivity contribution in [3.05, 3.63) is 90.0 Å². The maximum atomic E-state index is 12.7. The summed E-state index contributed by atoms with van der Waals surface area (Å²) in [4.78, 5) is 24.4. The Labute approximate surface area is 187 Å². The Balaban J connectivity index is 1.24. The van der Waals surface area contributed by atoms with Crippen LogP contribution in [0.25, 0.3) is 0 Å². The first kappa shape index (κ1) is 21.4. The first-order chi connectivity index (χ1) is 15.7. The summed E-state index contributed by atoms with van der Waals surface area (Å²) in [6.07, 6.45) is 2.79. The van der Waals surface area contributed by atoms with Crippen LogP contribution in [0.1, 0.15) is 28.8 Å². The van der Waals surface area contributed by atoms with Gasteiger partial charge < -0.3 is 20.1 Å². The molecule has 1 saturated carbocycles. The number of ether oxygens (including phenoxy) is 2. The van der Waals surface area contributed by atoms with Gasteiger partial charge >= 0.3 is 0 Å². The molecule has 0 saturated heterocycles. The highest BCUT2D eigenvalue weighted by molar-refractivity contribution is 5.97. The third-order valence-electron chi connectivity index (χ3n) is 5.04. The van der Waals surface area contributed by atoms with Gasteiger partial charge in [0.25, 0.3) is 11.8 Å². The minimum atomic E-state index is -0.182. The Morgan fingerprint density at radius 1 is 0.844 bits per heavy atom. The Kier molecular flexibility index (Phi) is 7.02. The van der Waals surface area contributed by atoms with Crippen LogP contribution in [-0.2, 0) is 11.2 Å². The summed E-state index contributed by atoms with van der Waals surface area (Å²) in [7, 11) is 0. The molecule has 3 aromatic rings. The van der Waals surface area contributed by atoms with E-state index in [9.17, 15) is 9.59 Å². The number of para-hydroxylation sites is 2. The van der Waals surface area contributed by atoms with Crippen LogP contribution in [0.15, 0.2) is 78.9 Å². The first-order valence-corrected chi connectivity index (χ1v) is 10.8. The quantitative estimate of drug-likeness (QED) is 0.508. The van der Waals surface area contributed by atoms with Gasteiger partial charge in [-0.3, -0.25) is 9.59 Å². The first-order valence-electron chi connectivity index (χ1n) is 10.8. The van der Waals surface area contributed by atoms with E-state index in [1.54, 1.807) is 12.1 Å². The highest BCUT2D eigenvalue weighted by Gasteiger charge is 2.23. The molecule has 32 heavy (non-hydrogen) atoms. The molecule has 6 heteroatoms. The summed E-state index contributed by atoms with van der Waals surface area (Å²) < 4.78 is 11.4. The largest absolute Gasteiger partial charge is 0.484 e. The van der Waals surface area contributed by atoms with Crippen molar-refractivity contribution >= 4 is 11.8 Å². The fourth-order valence-corrected chi connectivity index (χ4v) is 3.17. The van der Waals surface area contributed by atoms with Crippen LogP contribution in [0, 0.1) is 0 Å². The molecule has 1 aliphatic rings. The fourth-order valence-electron chi connectivity index (χ4n) is 3.17. The molecule has 4 rings (SSSR count). The van der Waals surface area contributed by atoms with Gasteiger partial charge in [-0.05, 0) is 61.2 Å². The molecule has 0 atom stereocenters. The van der Waals surface area contributed by atoms with Gasteiger partial charge in [-0.25, -0.2) is 0 Å². The van der Waals surface area contributed by atoms with E-state index in [1.165, 1.54) is 0 Å². The maximum Gasteiger partial charge on any atom is 0.258 e. The summed E-state index contributed by atoms with van der Waals surface area (Å²) >= 11 is 0. The molecule has 1 aliphatic carbocycles. The van der Waals surface area contributed by atoms with E-state index in [-0.39, 0.29) is 18.4 Å². The monoisotopic (exact) mass is 430 g/mol. The van der Waals surface area contributed by atoms with Gasteiger partial charge in [0.2, 0.25) is 0 Å². The zero-order valence-electron chi connectivity index (χ0n) is 17.8. The number of carbonyl (C=O) groups excluding carboxylic acids is 2. The van der Waals surface area contributed by atoms with E-state index < -0.39 is 0 Å². The van der Waals surface area contributed by atoms with Gasteiger partial charge in [0.05, 0.1) is 5.56 Å². The average Bonchev–Trinajstić information content (AvgIpc) is 3.63. The Bertz CT molecular complexity index is 1050. The fraction of sp³-hybridized carbons (Fsp3) is 0.231. The van der Waals surface area contributed by atoms with Gasteiger partial charge in [-0.1, -0.05) is 42.5 Å². The Morgan fingerprint density at radius 2 is 1.56 bits per heavy atom. The Morgan fingerprint density at radius 3 is 2.31 bits per heavy atom. The zero-order valence-corrected chi connectivity index (χ0v) is 17.8. The lowest BCUT2D eigenvalue weighted by Gasteiger charge is -2.12. The summed E-state index contributed by atoms with van der Waals surface area (Å²) in [5.74, 6) is 1.58. The van der Waals surface area contributed by atoms with Crippen LogP contribution in [-0.4, -0.2) is 31.0 Å². The molecule has 2 amide bonds. The molecule has 0 spiro atoms. The average molecular weight is 431 g/mol. The smallest absolute Gasteiger partial charge is 0.258 e. The van der Waals surface area contributed by atoms with Crippen LogP contribution in [0.3, 0.4) is 0 Å². The minimum absolute atomic E-state index is 0.0242. The highest BCUT2D eigenvalue weighted by Crippen LogP contribution is 2.25. The summed E-state index contributed by atoms with van der Waals surface area (Å²) in [5, 5.41) is 5.84. The summed E-state index contributed by atoms with van der Waals surface area (Å²) in [6, 6.07) is 24.5. The number of rotatable bonds is 10. The van der Waals surface area contributed by atoms with Crippen LogP contribution >= 0.6 is 0 Å². The van der Waals surface area contributed by atoms with E-state index in [0.717, 1.165) is 18.4 Å². The van der Waals surface area contributed by atoms with Crippen LogP contribution in [0.5, 0.6) is 17.2 Å². The van der Waals surface area contributed by atoms with Crippen LogP contribution in [0.2, 0.25) is 0 Å². The second-order valence-corrected chi connectivity index (χ2v) is 7.69. The third-order valence-corrected chi connectivity index (χ3v) is 5.04. The van der Waals surface area contributed by atoms with Crippen molar-refractivity contribution in [2.45, 2.75) is 25.3 Å². The predicted molar refractivity (Wildman–Crippen MR) is 122 cm³/mol. The molecular formula is C26H26N2O4. The van der Waals surface area contributed by atoms with Crippen molar-refractivity contribution in [1.29, 1.82) is 0 Å². The van der Waals surface area contributed by atoms with Crippen molar-refractivity contribution < 1.29 is 19.1 Å². The van der Waals surface area contributed by atoms with Crippen molar-refractivity contribution in [2.75, 3.05) is 13.2 Å².